The predicted octanol–water partition coefficient (Wildman–Crippen LogP) is 2.21. The molecule has 0 bridgehead atoms. The molecule has 1 saturated heterocycles. The highest BCUT2D eigenvalue weighted by Crippen LogP contribution is 2.13. The molecule has 6 nitrogen and oxygen atoms in total. The highest BCUT2D eigenvalue weighted by molar-refractivity contribution is 5.92. The first kappa shape index (κ1) is 16.6. The van der Waals surface area contributed by atoms with Gasteiger partial charge in [-0.3, -0.25) is 14.7 Å². The van der Waals surface area contributed by atoms with Gasteiger partial charge < -0.3 is 9.47 Å². The summed E-state index contributed by atoms with van der Waals surface area (Å²) >= 11 is 0. The molecule has 0 aromatic carbocycles. The van der Waals surface area contributed by atoms with Crippen LogP contribution in [0.3, 0.4) is 0 Å². The number of carbonyl (C=O) groups is 1. The Balaban J connectivity index is 1.61. The molecule has 3 heterocycles. The number of amides is 1. The van der Waals surface area contributed by atoms with Crippen LogP contribution in [0.5, 0.6) is 0 Å². The SMILES string of the molecule is CC(C)n1ccnc1CN1CCCN(C(=O)c2ccccn2)CC1. The van der Waals surface area contributed by atoms with Crippen molar-refractivity contribution in [2.45, 2.75) is 32.9 Å². The number of hydrogen-bond donors (Lipinski definition) is 0. The van der Waals surface area contributed by atoms with Gasteiger partial charge in [-0.15, -0.1) is 0 Å². The minimum absolute atomic E-state index is 0.0288. The van der Waals surface area contributed by atoms with Crippen molar-refractivity contribution < 1.29 is 4.79 Å². The van der Waals surface area contributed by atoms with E-state index in [1.54, 1.807) is 12.3 Å². The minimum Gasteiger partial charge on any atom is -0.336 e. The van der Waals surface area contributed by atoms with Gasteiger partial charge in [0.25, 0.3) is 5.91 Å². The molecule has 128 valence electrons. The fourth-order valence-corrected chi connectivity index (χ4v) is 3.12. The van der Waals surface area contributed by atoms with Crippen molar-refractivity contribution in [2.75, 3.05) is 26.2 Å². The van der Waals surface area contributed by atoms with Gasteiger partial charge in [0.05, 0.1) is 6.54 Å². The van der Waals surface area contributed by atoms with E-state index in [0.717, 1.165) is 45.0 Å². The first-order valence-corrected chi connectivity index (χ1v) is 8.59. The van der Waals surface area contributed by atoms with Crippen LogP contribution in [0.25, 0.3) is 0 Å². The molecule has 24 heavy (non-hydrogen) atoms. The lowest BCUT2D eigenvalue weighted by atomic mass is 10.3. The zero-order valence-electron chi connectivity index (χ0n) is 14.4. The molecule has 0 saturated carbocycles. The lowest BCUT2D eigenvalue weighted by Crippen LogP contribution is -2.35. The van der Waals surface area contributed by atoms with Gasteiger partial charge in [0.2, 0.25) is 0 Å². The summed E-state index contributed by atoms with van der Waals surface area (Å²) < 4.78 is 2.21. The summed E-state index contributed by atoms with van der Waals surface area (Å²) in [7, 11) is 0. The van der Waals surface area contributed by atoms with Crippen LogP contribution in [0.2, 0.25) is 0 Å². The summed E-state index contributed by atoms with van der Waals surface area (Å²) in [5, 5.41) is 0. The van der Waals surface area contributed by atoms with Crippen LogP contribution in [0.1, 0.15) is 42.6 Å². The Morgan fingerprint density at radius 1 is 1.12 bits per heavy atom. The number of imidazole rings is 1. The van der Waals surface area contributed by atoms with Crippen molar-refractivity contribution in [1.82, 2.24) is 24.3 Å². The first-order valence-electron chi connectivity index (χ1n) is 8.59. The molecule has 1 fully saturated rings. The van der Waals surface area contributed by atoms with E-state index in [4.69, 9.17) is 0 Å². The fourth-order valence-electron chi connectivity index (χ4n) is 3.12. The molecule has 0 radical (unpaired) electrons. The van der Waals surface area contributed by atoms with E-state index in [1.165, 1.54) is 0 Å². The maximum atomic E-state index is 12.5. The van der Waals surface area contributed by atoms with Crippen molar-refractivity contribution in [3.8, 4) is 0 Å². The molecule has 1 aliphatic rings. The largest absolute Gasteiger partial charge is 0.336 e. The molecular formula is C18H25N5O. The Kier molecular flexibility index (Phi) is 5.25. The first-order chi connectivity index (χ1) is 11.6. The number of carbonyl (C=O) groups excluding carboxylic acids is 1. The summed E-state index contributed by atoms with van der Waals surface area (Å²) in [5.74, 6) is 1.12. The van der Waals surface area contributed by atoms with E-state index in [2.05, 4.69) is 33.3 Å². The lowest BCUT2D eigenvalue weighted by molar-refractivity contribution is 0.0755. The van der Waals surface area contributed by atoms with Crippen molar-refractivity contribution >= 4 is 5.91 Å². The Morgan fingerprint density at radius 2 is 2.00 bits per heavy atom. The number of aromatic nitrogens is 3. The smallest absolute Gasteiger partial charge is 0.272 e. The molecule has 3 rings (SSSR count). The van der Waals surface area contributed by atoms with E-state index in [0.29, 0.717) is 11.7 Å². The molecule has 2 aromatic rings. The molecule has 0 aliphatic carbocycles. The summed E-state index contributed by atoms with van der Waals surface area (Å²) in [6, 6.07) is 5.88. The normalized spacial score (nSPS) is 16.4. The zero-order chi connectivity index (χ0) is 16.9. The van der Waals surface area contributed by atoms with Crippen molar-refractivity contribution in [3.05, 3.63) is 48.3 Å². The van der Waals surface area contributed by atoms with Gasteiger partial charge in [-0.2, -0.15) is 0 Å². The summed E-state index contributed by atoms with van der Waals surface area (Å²) in [5.41, 5.74) is 0.529. The highest BCUT2D eigenvalue weighted by atomic mass is 16.2. The highest BCUT2D eigenvalue weighted by Gasteiger charge is 2.21. The van der Waals surface area contributed by atoms with Crippen LogP contribution in [-0.4, -0.2) is 56.4 Å². The van der Waals surface area contributed by atoms with E-state index < -0.39 is 0 Å². The van der Waals surface area contributed by atoms with Crippen LogP contribution >= 0.6 is 0 Å². The van der Waals surface area contributed by atoms with Gasteiger partial charge >= 0.3 is 0 Å². The van der Waals surface area contributed by atoms with Gasteiger partial charge in [0.15, 0.2) is 0 Å². The van der Waals surface area contributed by atoms with Crippen LogP contribution < -0.4 is 0 Å². The fraction of sp³-hybridized carbons (Fsp3) is 0.500. The predicted molar refractivity (Wildman–Crippen MR) is 92.6 cm³/mol. The summed E-state index contributed by atoms with van der Waals surface area (Å²) in [4.78, 5) is 25.5. The second-order valence-electron chi connectivity index (χ2n) is 6.48. The quantitative estimate of drug-likeness (QED) is 0.864. The van der Waals surface area contributed by atoms with Gasteiger partial charge in [0, 0.05) is 50.8 Å². The Bertz CT molecular complexity index is 667. The standard InChI is InChI=1S/C18H25N5O/c1-15(2)23-11-8-20-17(23)14-21-9-5-10-22(13-12-21)18(24)16-6-3-4-7-19-16/h3-4,6-8,11,15H,5,9-10,12-14H2,1-2H3. The molecule has 0 N–H and O–H groups in total. The Hall–Kier alpha value is -2.21. The number of nitrogens with zero attached hydrogens (tertiary/aromatic N) is 5. The third-order valence-corrected chi connectivity index (χ3v) is 4.43. The van der Waals surface area contributed by atoms with Crippen LogP contribution in [0, 0.1) is 0 Å². The van der Waals surface area contributed by atoms with Gasteiger partial charge in [-0.05, 0) is 32.4 Å². The molecule has 2 aromatic heterocycles. The molecular weight excluding hydrogens is 302 g/mol. The molecule has 0 unspecified atom stereocenters. The minimum atomic E-state index is 0.0288. The van der Waals surface area contributed by atoms with Crippen molar-refractivity contribution in [2.24, 2.45) is 0 Å². The summed E-state index contributed by atoms with van der Waals surface area (Å²) in [6.45, 7) is 8.53. The van der Waals surface area contributed by atoms with Gasteiger partial charge in [-0.1, -0.05) is 6.07 Å². The van der Waals surface area contributed by atoms with Gasteiger partial charge in [0.1, 0.15) is 11.5 Å². The van der Waals surface area contributed by atoms with E-state index in [-0.39, 0.29) is 5.91 Å². The molecule has 1 aliphatic heterocycles. The van der Waals surface area contributed by atoms with Crippen LogP contribution in [0.4, 0.5) is 0 Å². The number of pyridine rings is 1. The topological polar surface area (TPSA) is 54.3 Å². The number of rotatable bonds is 4. The molecule has 0 spiro atoms. The van der Waals surface area contributed by atoms with E-state index in [1.807, 2.05) is 29.4 Å². The van der Waals surface area contributed by atoms with Crippen LogP contribution in [-0.2, 0) is 6.54 Å². The zero-order valence-corrected chi connectivity index (χ0v) is 14.4. The Morgan fingerprint density at radius 3 is 2.75 bits per heavy atom. The monoisotopic (exact) mass is 327 g/mol. The molecule has 0 atom stereocenters. The molecule has 1 amide bonds. The van der Waals surface area contributed by atoms with E-state index >= 15 is 0 Å². The third-order valence-electron chi connectivity index (χ3n) is 4.43. The molecule has 6 heteroatoms. The maximum Gasteiger partial charge on any atom is 0.272 e. The number of hydrogen-bond acceptors (Lipinski definition) is 4. The van der Waals surface area contributed by atoms with Crippen molar-refractivity contribution in [3.63, 3.8) is 0 Å². The summed E-state index contributed by atoms with van der Waals surface area (Å²) in [6.07, 6.45) is 6.54. The van der Waals surface area contributed by atoms with Crippen LogP contribution in [0.15, 0.2) is 36.8 Å². The van der Waals surface area contributed by atoms with E-state index in [9.17, 15) is 4.79 Å². The van der Waals surface area contributed by atoms with Crippen molar-refractivity contribution in [1.29, 1.82) is 0 Å². The van der Waals surface area contributed by atoms with Gasteiger partial charge in [-0.25, -0.2) is 4.98 Å². The third kappa shape index (κ3) is 3.82. The Labute approximate surface area is 143 Å². The average molecular weight is 327 g/mol. The second kappa shape index (κ2) is 7.57. The lowest BCUT2D eigenvalue weighted by Gasteiger charge is -2.22. The second-order valence-corrected chi connectivity index (χ2v) is 6.48. The average Bonchev–Trinajstić information content (AvgIpc) is 2.93. The maximum absolute atomic E-state index is 12.5.